The number of methoxy groups -OCH3 is 1. The van der Waals surface area contributed by atoms with Gasteiger partial charge in [0.1, 0.15) is 23.2 Å². The Hall–Kier alpha value is -4.37. The Bertz CT molecular complexity index is 1780. The summed E-state index contributed by atoms with van der Waals surface area (Å²) in [6, 6.07) is 5.31. The molecule has 2 aromatic carbocycles. The van der Waals surface area contributed by atoms with Crippen LogP contribution in [0.1, 0.15) is 31.5 Å². The Labute approximate surface area is 249 Å². The molecule has 2 heterocycles. The Morgan fingerprint density at radius 1 is 1.14 bits per heavy atom. The minimum absolute atomic E-state index is 0.0291. The number of amides is 1. The van der Waals surface area contributed by atoms with Crippen LogP contribution < -0.4 is 15.4 Å². The van der Waals surface area contributed by atoms with Gasteiger partial charge < -0.3 is 20.4 Å². The molecule has 2 aromatic heterocycles. The first kappa shape index (κ1) is 30.1. The first-order chi connectivity index (χ1) is 20.4. The summed E-state index contributed by atoms with van der Waals surface area (Å²) in [6.45, 7) is 2.02. The summed E-state index contributed by atoms with van der Waals surface area (Å²) in [5, 5.41) is 5.60. The van der Waals surface area contributed by atoms with Gasteiger partial charge in [-0.05, 0) is 50.1 Å². The van der Waals surface area contributed by atoms with E-state index in [1.165, 1.54) is 19.4 Å². The predicted octanol–water partition coefficient (Wildman–Crippen LogP) is 5.44. The fourth-order valence-corrected chi connectivity index (χ4v) is 5.49. The van der Waals surface area contributed by atoms with Crippen molar-refractivity contribution in [2.45, 2.75) is 36.6 Å². The second-order valence-corrected chi connectivity index (χ2v) is 11.9. The number of rotatable bonds is 10. The molecule has 0 unspecified atom stereocenters. The molecule has 1 aliphatic rings. The first-order valence-electron chi connectivity index (χ1n) is 12.9. The second kappa shape index (κ2) is 12.1. The summed E-state index contributed by atoms with van der Waals surface area (Å²) in [4.78, 5) is 27.2. The smallest absolute Gasteiger partial charge is 0.407 e. The number of nitrogens with one attached hydrogen (secondary N) is 4. The van der Waals surface area contributed by atoms with Crippen LogP contribution in [0.4, 0.5) is 29.6 Å². The van der Waals surface area contributed by atoms with E-state index in [1.807, 2.05) is 4.72 Å². The maximum atomic E-state index is 16.0. The highest BCUT2D eigenvalue weighted by Gasteiger charge is 2.30. The quantitative estimate of drug-likeness (QED) is 0.180. The number of imidazole rings is 1. The number of hydrogen-bond acceptors (Lipinski definition) is 8. The standard InChI is InChI=1S/C27H25ClF3N7O4S/c1-13(34-27(39)42-2)12-33-26-32-6-5-20(35-26)24-23(36-25(37-24)14-3-4-14)19-7-15(28)8-21(22(19)31)38-43(40,41)18-10-16(29)9-17(30)11-18/h5-11,13-14,38H,3-4,12H2,1-2H3,(H,34,39)(H,36,37)(H,32,33,35)/t13-/m0/s1. The average Bonchev–Trinajstić information content (AvgIpc) is 3.71. The molecular formula is C27H25ClF3N7O4S. The van der Waals surface area contributed by atoms with Crippen molar-refractivity contribution in [3.8, 4) is 22.6 Å². The van der Waals surface area contributed by atoms with Crippen molar-refractivity contribution in [2.24, 2.45) is 0 Å². The molecule has 0 spiro atoms. The number of nitrogens with zero attached hydrogens (tertiary/aromatic N) is 3. The van der Waals surface area contributed by atoms with Gasteiger partial charge >= 0.3 is 6.09 Å². The monoisotopic (exact) mass is 635 g/mol. The van der Waals surface area contributed by atoms with Crippen LogP contribution in [0.2, 0.25) is 5.02 Å². The lowest BCUT2D eigenvalue weighted by atomic mass is 10.1. The van der Waals surface area contributed by atoms with Gasteiger partial charge in [-0.3, -0.25) is 4.72 Å². The number of anilines is 2. The van der Waals surface area contributed by atoms with E-state index in [1.54, 1.807) is 13.0 Å². The molecule has 11 nitrogen and oxygen atoms in total. The van der Waals surface area contributed by atoms with Crippen molar-refractivity contribution < 1.29 is 31.1 Å². The van der Waals surface area contributed by atoms with Crippen LogP contribution >= 0.6 is 11.6 Å². The minimum atomic E-state index is -4.61. The third-order valence-corrected chi connectivity index (χ3v) is 7.96. The van der Waals surface area contributed by atoms with Gasteiger partial charge in [-0.15, -0.1) is 0 Å². The number of sulfonamides is 1. The molecule has 0 saturated heterocycles. The second-order valence-electron chi connectivity index (χ2n) is 9.83. The molecule has 1 fully saturated rings. The van der Waals surface area contributed by atoms with E-state index in [-0.39, 0.29) is 40.7 Å². The van der Waals surface area contributed by atoms with Crippen molar-refractivity contribution in [1.29, 1.82) is 0 Å². The van der Waals surface area contributed by atoms with Crippen molar-refractivity contribution in [2.75, 3.05) is 23.7 Å². The Morgan fingerprint density at radius 3 is 2.53 bits per heavy atom. The minimum Gasteiger partial charge on any atom is -0.453 e. The van der Waals surface area contributed by atoms with Crippen LogP contribution in [0.15, 0.2) is 47.5 Å². The van der Waals surface area contributed by atoms with Crippen LogP contribution in [-0.4, -0.2) is 54.1 Å². The summed E-state index contributed by atoms with van der Waals surface area (Å²) in [5.74, 6) is -2.32. The van der Waals surface area contributed by atoms with Crippen molar-refractivity contribution in [3.63, 3.8) is 0 Å². The van der Waals surface area contributed by atoms with Crippen molar-refractivity contribution in [3.05, 3.63) is 70.9 Å². The molecule has 0 aliphatic heterocycles. The summed E-state index contributed by atoms with van der Waals surface area (Å²) in [5.41, 5.74) is 0.0982. The van der Waals surface area contributed by atoms with E-state index in [0.29, 0.717) is 35.4 Å². The molecule has 1 saturated carbocycles. The van der Waals surface area contributed by atoms with E-state index in [2.05, 4.69) is 35.3 Å². The maximum absolute atomic E-state index is 16.0. The SMILES string of the molecule is COC(=O)N[C@@H](C)CNc1nccc(-c2[nH]c(C3CC3)nc2-c2cc(Cl)cc(NS(=O)(=O)c3cc(F)cc(F)c3)c2F)n1. The number of halogens is 4. The lowest BCUT2D eigenvalue weighted by Crippen LogP contribution is -2.37. The lowest BCUT2D eigenvalue weighted by Gasteiger charge is -2.14. The zero-order valence-corrected chi connectivity index (χ0v) is 24.3. The van der Waals surface area contributed by atoms with Crippen LogP contribution in [0.5, 0.6) is 0 Å². The molecule has 0 radical (unpaired) electrons. The Kier molecular flexibility index (Phi) is 8.46. The largest absolute Gasteiger partial charge is 0.453 e. The summed E-state index contributed by atoms with van der Waals surface area (Å²) < 4.78 is 75.8. The number of benzene rings is 2. The predicted molar refractivity (Wildman–Crippen MR) is 153 cm³/mol. The third-order valence-electron chi connectivity index (χ3n) is 6.40. The van der Waals surface area contributed by atoms with E-state index in [0.717, 1.165) is 18.9 Å². The zero-order valence-electron chi connectivity index (χ0n) is 22.7. The van der Waals surface area contributed by atoms with E-state index >= 15 is 4.39 Å². The van der Waals surface area contributed by atoms with Gasteiger partial charge in [-0.1, -0.05) is 11.6 Å². The number of aromatic nitrogens is 4. The van der Waals surface area contributed by atoms with Gasteiger partial charge in [-0.2, -0.15) is 0 Å². The molecule has 1 amide bonds. The van der Waals surface area contributed by atoms with Gasteiger partial charge in [0.05, 0.1) is 29.1 Å². The topological polar surface area (TPSA) is 151 Å². The number of H-pyrrole nitrogens is 1. The maximum Gasteiger partial charge on any atom is 0.407 e. The summed E-state index contributed by atoms with van der Waals surface area (Å²) in [7, 11) is -3.35. The van der Waals surface area contributed by atoms with Crippen LogP contribution in [-0.2, 0) is 14.8 Å². The highest BCUT2D eigenvalue weighted by Crippen LogP contribution is 2.43. The molecule has 226 valence electrons. The molecule has 1 atom stereocenters. The van der Waals surface area contributed by atoms with E-state index in [4.69, 9.17) is 11.6 Å². The number of hydrogen-bond donors (Lipinski definition) is 4. The number of aromatic amines is 1. The number of carbonyl (C=O) groups excluding carboxylic acids is 1. The Morgan fingerprint density at radius 2 is 1.86 bits per heavy atom. The molecule has 5 rings (SSSR count). The zero-order chi connectivity index (χ0) is 30.9. The highest BCUT2D eigenvalue weighted by atomic mass is 35.5. The van der Waals surface area contributed by atoms with Crippen molar-refractivity contribution >= 4 is 39.4 Å². The molecule has 4 aromatic rings. The average molecular weight is 636 g/mol. The molecule has 16 heteroatoms. The Balaban J connectivity index is 1.50. The van der Waals surface area contributed by atoms with Gasteiger partial charge in [0.15, 0.2) is 5.82 Å². The number of alkyl carbamates (subject to hydrolysis) is 1. The fourth-order valence-electron chi connectivity index (χ4n) is 4.18. The lowest BCUT2D eigenvalue weighted by molar-refractivity contribution is 0.168. The van der Waals surface area contributed by atoms with Crippen LogP contribution in [0, 0.1) is 17.5 Å². The number of carbonyl (C=O) groups is 1. The first-order valence-corrected chi connectivity index (χ1v) is 14.8. The van der Waals surface area contributed by atoms with Crippen LogP contribution in [0.3, 0.4) is 0 Å². The normalized spacial score (nSPS) is 13.8. The summed E-state index contributed by atoms with van der Waals surface area (Å²) in [6.07, 6.45) is 2.64. The number of ether oxygens (including phenoxy) is 1. The third kappa shape index (κ3) is 7.00. The summed E-state index contributed by atoms with van der Waals surface area (Å²) >= 11 is 6.29. The van der Waals surface area contributed by atoms with Gasteiger partial charge in [-0.25, -0.2) is 41.3 Å². The molecule has 1 aliphatic carbocycles. The van der Waals surface area contributed by atoms with Crippen molar-refractivity contribution in [1.82, 2.24) is 25.3 Å². The van der Waals surface area contributed by atoms with E-state index < -0.39 is 44.2 Å². The fraction of sp³-hybridized carbons (Fsp3) is 0.259. The van der Waals surface area contributed by atoms with E-state index in [9.17, 15) is 22.0 Å². The highest BCUT2D eigenvalue weighted by molar-refractivity contribution is 7.92. The van der Waals surface area contributed by atoms with Gasteiger partial charge in [0.25, 0.3) is 10.0 Å². The molecule has 43 heavy (non-hydrogen) atoms. The van der Waals surface area contributed by atoms with Gasteiger partial charge in [0, 0.05) is 41.4 Å². The molecule has 4 N–H and O–H groups in total. The molecular weight excluding hydrogens is 611 g/mol. The van der Waals surface area contributed by atoms with Gasteiger partial charge in [0.2, 0.25) is 5.95 Å². The molecule has 0 bridgehead atoms. The van der Waals surface area contributed by atoms with Crippen LogP contribution in [0.25, 0.3) is 22.6 Å².